The summed E-state index contributed by atoms with van der Waals surface area (Å²) in [5.74, 6) is -8.99. The molecule has 3 aromatic heterocycles. The van der Waals surface area contributed by atoms with Gasteiger partial charge in [0.1, 0.15) is 22.2 Å². The Kier molecular flexibility index (Phi) is 11.1. The van der Waals surface area contributed by atoms with Crippen LogP contribution < -0.4 is 20.4 Å². The van der Waals surface area contributed by atoms with E-state index in [2.05, 4.69) is 9.97 Å². The number of carbonyl (C=O) groups is 6. The number of ether oxygens (including phenoxy) is 2. The number of rotatable bonds is 10. The third-order valence-corrected chi connectivity index (χ3v) is 13.2. The van der Waals surface area contributed by atoms with E-state index in [1.54, 1.807) is 71.0 Å². The van der Waals surface area contributed by atoms with Crippen molar-refractivity contribution in [2.45, 2.75) is 115 Å². The fraction of sp³-hybridized carbons (Fsp3) is 0.500. The number of fused-ring (bicyclic) bond motifs is 8. The van der Waals surface area contributed by atoms with E-state index in [1.165, 1.54) is 0 Å². The van der Waals surface area contributed by atoms with Gasteiger partial charge in [0.05, 0.1) is 35.8 Å². The second-order valence-electron chi connectivity index (χ2n) is 17.4. The fourth-order valence-corrected chi connectivity index (χ4v) is 9.96. The zero-order valence-corrected chi connectivity index (χ0v) is 34.1. The molecular weight excluding hydrogens is 777 g/mol. The van der Waals surface area contributed by atoms with E-state index in [0.717, 1.165) is 0 Å². The minimum Gasteiger partial charge on any atom is -0.550 e. The van der Waals surface area contributed by atoms with Crippen LogP contribution in [-0.2, 0) is 39.5 Å². The first-order valence-electron chi connectivity index (χ1n) is 20.1. The van der Waals surface area contributed by atoms with E-state index in [1.807, 2.05) is 6.92 Å². The second-order valence-corrected chi connectivity index (χ2v) is 17.4. The molecule has 16 heteroatoms. The van der Waals surface area contributed by atoms with Gasteiger partial charge in [-0.05, 0) is 151 Å². The minimum absolute atomic E-state index is 0.0497. The first kappa shape index (κ1) is 42.4. The quantitative estimate of drug-likeness (QED) is 0.284. The molecular formula is C44H46N4O12-4. The van der Waals surface area contributed by atoms with Crippen molar-refractivity contribution in [3.05, 3.63) is 70.3 Å². The van der Waals surface area contributed by atoms with E-state index in [9.17, 15) is 49.2 Å². The van der Waals surface area contributed by atoms with E-state index in [0.29, 0.717) is 33.2 Å². The van der Waals surface area contributed by atoms with Crippen molar-refractivity contribution >= 4 is 57.5 Å². The molecule has 8 bridgehead atoms. The van der Waals surface area contributed by atoms with Crippen molar-refractivity contribution in [3.8, 4) is 0 Å². The van der Waals surface area contributed by atoms with Gasteiger partial charge in [0, 0.05) is 45.9 Å². The van der Waals surface area contributed by atoms with Crippen molar-refractivity contribution < 1.29 is 58.7 Å². The average Bonchev–Trinajstić information content (AvgIpc) is 3.82. The van der Waals surface area contributed by atoms with Gasteiger partial charge in [-0.1, -0.05) is 0 Å². The molecule has 2 fully saturated rings. The lowest BCUT2D eigenvalue weighted by Gasteiger charge is -2.46. The Labute approximate surface area is 344 Å². The van der Waals surface area contributed by atoms with Crippen LogP contribution in [0.1, 0.15) is 110 Å². The molecule has 0 unspecified atom stereocenters. The van der Waals surface area contributed by atoms with Crippen LogP contribution in [0.2, 0.25) is 0 Å². The Morgan fingerprint density at radius 1 is 0.600 bits per heavy atom. The molecule has 16 nitrogen and oxygen atoms in total. The summed E-state index contributed by atoms with van der Waals surface area (Å²) in [5.41, 5.74) is 0.924. The number of carbonyl (C=O) groups excluding carboxylic acids is 6. The third kappa shape index (κ3) is 7.62. The molecule has 2 saturated heterocycles. The number of aliphatic carboxylic acids is 4. The zero-order chi connectivity index (χ0) is 43.6. The largest absolute Gasteiger partial charge is 0.550 e. The Morgan fingerprint density at radius 3 is 1.40 bits per heavy atom. The number of ketones is 2. The topological polar surface area (TPSA) is 270 Å². The van der Waals surface area contributed by atoms with Crippen LogP contribution >= 0.6 is 0 Å². The number of carboxylic acids is 4. The summed E-state index contributed by atoms with van der Waals surface area (Å²) in [7, 11) is 0. The Balaban J connectivity index is 1.41. The summed E-state index contributed by atoms with van der Waals surface area (Å²) in [6.45, 7) is 10.3. The van der Waals surface area contributed by atoms with Gasteiger partial charge in [-0.3, -0.25) is 9.59 Å². The van der Waals surface area contributed by atoms with Crippen molar-refractivity contribution in [1.82, 2.24) is 19.9 Å². The number of carboxylic acid groups (broad SMARTS) is 4. The summed E-state index contributed by atoms with van der Waals surface area (Å²) in [4.78, 5) is 93.2. The molecule has 0 aromatic carbocycles. The van der Waals surface area contributed by atoms with Crippen molar-refractivity contribution in [2.24, 2.45) is 23.7 Å². The fourth-order valence-electron chi connectivity index (χ4n) is 9.96. The second kappa shape index (κ2) is 15.7. The van der Waals surface area contributed by atoms with Crippen molar-refractivity contribution in [1.29, 1.82) is 0 Å². The molecule has 10 atom stereocenters. The highest BCUT2D eigenvalue weighted by Crippen LogP contribution is 2.48. The minimum atomic E-state index is -1.53. The standard InChI is InChI=1S/C44H50N4O12/c1-19-8-28-16-33-43(5,41-25(13-37(53)54)9-23(11-35(49)50)21(3)59-41)39(57)31(47-33)15-27-7-20(2)30(45-27)18-34-44(6,40(58)32(48-34)17-29(19)46-28)42-26(14-38(55)56)10-24(12-36(51)52)22(4)60-42/h7-8,15-18,21-26,41-42,45-46H,9-14H2,1-6H3,(H,49,50)(H,51,52)(H,53,54)(H,55,56)/p-4/t21-,22-,23+,24+,25+,26+,41+,42+,43-,44-/m1/s1. The smallest absolute Gasteiger partial charge is 0.195 e. The van der Waals surface area contributed by atoms with Gasteiger partial charge in [-0.2, -0.15) is 0 Å². The van der Waals surface area contributed by atoms with E-state index >= 15 is 0 Å². The predicted octanol–water partition coefficient (Wildman–Crippen LogP) is 0.592. The molecule has 4 aliphatic rings. The van der Waals surface area contributed by atoms with E-state index in [-0.39, 0.29) is 48.5 Å². The Bertz CT molecular complexity index is 2470. The molecule has 60 heavy (non-hydrogen) atoms. The van der Waals surface area contributed by atoms with Crippen LogP contribution in [0.25, 0.3) is 22.1 Å². The maximum atomic E-state index is 14.8. The summed E-state index contributed by atoms with van der Waals surface area (Å²) in [5, 5.41) is 47.3. The number of hydrogen-bond acceptors (Lipinski definition) is 14. The lowest BCUT2D eigenvalue weighted by atomic mass is 9.67. The Morgan fingerprint density at radius 2 is 0.967 bits per heavy atom. The SMILES string of the molecule is Cc1cc2cc3nc(cc4cc(C)c(cc5nc(cc1[nH]2)C(=O)[C@]5(C)[C@H]1O[C@H](C)[C@H](CC(=O)[O-])C[C@H]1CC(=O)[O-])[nH]4)C(=O)[C@]3(C)[C@H]1O[C@H](C)[C@H](CC(=O)[O-])C[C@H]1CC(=O)[O-]. The van der Waals surface area contributed by atoms with Crippen LogP contribution in [0.5, 0.6) is 0 Å². The molecule has 318 valence electrons. The number of nitrogens with zero attached hydrogens (tertiary/aromatic N) is 2. The molecule has 4 aliphatic heterocycles. The van der Waals surface area contributed by atoms with Gasteiger partial charge in [0.25, 0.3) is 0 Å². The molecule has 0 saturated carbocycles. The Hall–Kier alpha value is -5.74. The normalized spacial score (nSPS) is 30.6. The summed E-state index contributed by atoms with van der Waals surface area (Å²) in [6, 6.07) is 10.0. The zero-order valence-electron chi connectivity index (χ0n) is 34.1. The maximum absolute atomic E-state index is 14.8. The van der Waals surface area contributed by atoms with Gasteiger partial charge < -0.3 is 59.0 Å². The van der Waals surface area contributed by atoms with Crippen LogP contribution in [0.15, 0.2) is 36.4 Å². The van der Waals surface area contributed by atoms with Gasteiger partial charge in [0.15, 0.2) is 11.6 Å². The number of H-pyrrole nitrogens is 2. The van der Waals surface area contributed by atoms with Crippen molar-refractivity contribution in [2.75, 3.05) is 0 Å². The number of aromatic amines is 2. The van der Waals surface area contributed by atoms with Gasteiger partial charge in [0.2, 0.25) is 0 Å². The summed E-state index contributed by atoms with van der Waals surface area (Å²) >= 11 is 0. The summed E-state index contributed by atoms with van der Waals surface area (Å²) < 4.78 is 12.9. The average molecular weight is 823 g/mol. The third-order valence-electron chi connectivity index (χ3n) is 13.2. The van der Waals surface area contributed by atoms with Gasteiger partial charge in [-0.25, -0.2) is 9.97 Å². The van der Waals surface area contributed by atoms with Crippen molar-refractivity contribution in [3.63, 3.8) is 0 Å². The van der Waals surface area contributed by atoms with Gasteiger partial charge in [-0.15, -0.1) is 0 Å². The first-order valence-corrected chi connectivity index (χ1v) is 20.1. The lowest BCUT2D eigenvalue weighted by molar-refractivity contribution is -0.312. The lowest BCUT2D eigenvalue weighted by Crippen LogP contribution is -2.54. The first-order chi connectivity index (χ1) is 28.2. The molecule has 7 heterocycles. The van der Waals surface area contributed by atoms with Crippen LogP contribution in [0.3, 0.4) is 0 Å². The van der Waals surface area contributed by atoms with Gasteiger partial charge >= 0.3 is 0 Å². The highest BCUT2D eigenvalue weighted by molar-refractivity contribution is 6.07. The highest BCUT2D eigenvalue weighted by Gasteiger charge is 2.56. The van der Waals surface area contributed by atoms with Crippen LogP contribution in [0.4, 0.5) is 0 Å². The molecule has 0 amide bonds. The number of nitrogens with one attached hydrogen (secondary N) is 2. The van der Waals surface area contributed by atoms with Crippen LogP contribution in [0, 0.1) is 37.5 Å². The number of Topliss-reactive ketones (excluding diaryl/α,β-unsaturated/α-hetero) is 2. The molecule has 3 aromatic rings. The van der Waals surface area contributed by atoms with E-state index < -0.39 is 107 Å². The molecule has 2 N–H and O–H groups in total. The highest BCUT2D eigenvalue weighted by atomic mass is 16.5. The number of aryl methyl sites for hydroxylation is 2. The van der Waals surface area contributed by atoms with E-state index in [4.69, 9.17) is 19.4 Å². The molecule has 7 rings (SSSR count). The predicted molar refractivity (Wildman–Crippen MR) is 204 cm³/mol. The maximum Gasteiger partial charge on any atom is 0.195 e. The molecule has 0 radical (unpaired) electrons. The molecule has 0 spiro atoms. The van der Waals surface area contributed by atoms with Crippen LogP contribution in [-0.4, -0.2) is 79.8 Å². The molecule has 0 aliphatic carbocycles. The number of hydrogen-bond donors (Lipinski definition) is 2. The monoisotopic (exact) mass is 822 g/mol. The number of aromatic nitrogens is 4. The summed E-state index contributed by atoms with van der Waals surface area (Å²) in [6.07, 6.45) is -4.81.